The summed E-state index contributed by atoms with van der Waals surface area (Å²) in [6, 6.07) is 2.21. The molecule has 2 aromatic heterocycles. The second kappa shape index (κ2) is 30.6. The van der Waals surface area contributed by atoms with Crippen LogP contribution in [0, 0.1) is 20.8 Å². The largest absolute Gasteiger partial charge is 0.472 e. The summed E-state index contributed by atoms with van der Waals surface area (Å²) in [5.41, 5.74) is 3.85. The van der Waals surface area contributed by atoms with Crippen molar-refractivity contribution < 1.29 is 46.4 Å². The lowest BCUT2D eigenvalue weighted by atomic mass is 10.0. The number of rotatable bonds is 36. The first-order valence-corrected chi connectivity index (χ1v) is 23.8. The maximum absolute atomic E-state index is 12.7. The van der Waals surface area contributed by atoms with E-state index in [9.17, 15) is 19.0 Å². The van der Waals surface area contributed by atoms with E-state index in [0.717, 1.165) is 113 Å². The summed E-state index contributed by atoms with van der Waals surface area (Å²) in [7, 11) is -2.68. The number of esters is 2. The average molecular weight is 824 g/mol. The van der Waals surface area contributed by atoms with Crippen molar-refractivity contribution in [2.45, 2.75) is 195 Å². The van der Waals surface area contributed by atoms with Gasteiger partial charge in [0.05, 0.1) is 13.2 Å². The summed E-state index contributed by atoms with van der Waals surface area (Å²) in [5, 5.41) is 2.82. The van der Waals surface area contributed by atoms with Crippen LogP contribution in [0.25, 0.3) is 0 Å². The molecule has 2 atom stereocenters. The predicted octanol–water partition coefficient (Wildman–Crippen LogP) is 11.3. The average Bonchev–Trinajstić information content (AvgIpc) is 3.67. The fourth-order valence-electron chi connectivity index (χ4n) is 6.91. The fourth-order valence-corrected chi connectivity index (χ4v) is 7.66. The van der Waals surface area contributed by atoms with Gasteiger partial charge in [0.1, 0.15) is 29.6 Å². The van der Waals surface area contributed by atoms with E-state index < -0.39 is 32.5 Å². The second-order valence-corrected chi connectivity index (χ2v) is 17.1. The van der Waals surface area contributed by atoms with Gasteiger partial charge in [0.25, 0.3) is 0 Å². The van der Waals surface area contributed by atoms with Crippen LogP contribution in [-0.4, -0.2) is 56.3 Å². The molecule has 0 saturated heterocycles. The normalized spacial score (nSPS) is 13.2. The maximum Gasteiger partial charge on any atom is 0.472 e. The Hall–Kier alpha value is -2.43. The van der Waals surface area contributed by atoms with Crippen molar-refractivity contribution in [2.75, 3.05) is 33.4 Å². The van der Waals surface area contributed by atoms with Crippen LogP contribution in [-0.2, 0) is 58.4 Å². The first-order chi connectivity index (χ1) is 27.5. The number of hydrogen-bond acceptors (Lipinski definition) is 10. The summed E-state index contributed by atoms with van der Waals surface area (Å²) in [6.45, 7) is 10.5. The van der Waals surface area contributed by atoms with Crippen molar-refractivity contribution in [1.29, 1.82) is 0 Å². The van der Waals surface area contributed by atoms with Gasteiger partial charge in [-0.1, -0.05) is 90.9 Å². The molecular weight excluding hydrogens is 745 g/mol. The van der Waals surface area contributed by atoms with Gasteiger partial charge in [0.2, 0.25) is 0 Å². The molecule has 0 amide bonds. The van der Waals surface area contributed by atoms with Crippen molar-refractivity contribution in [1.82, 2.24) is 5.32 Å². The molecule has 0 fully saturated rings. The zero-order valence-electron chi connectivity index (χ0n) is 36.5. The standard InChI is InChI=1S/C45H78NO10P/c1-7-9-20-26-39-33-36(3)41(54-39)27-21-16-12-10-11-13-18-23-29-44(47)51-34-40(35-53-57(49,50)52-32-31-46-6)55-45(48)30-24-19-15-14-17-22-28-43-38(5)37(4)42(56-43)25-8-2/h33,40,46H,7-32,34-35H2,1-6H3,(H,49,50)/t40-/m1/s1. The summed E-state index contributed by atoms with van der Waals surface area (Å²) >= 11 is 0. The summed E-state index contributed by atoms with van der Waals surface area (Å²) in [5.74, 6) is 3.65. The summed E-state index contributed by atoms with van der Waals surface area (Å²) in [4.78, 5) is 35.3. The van der Waals surface area contributed by atoms with Crippen LogP contribution in [0.5, 0.6) is 0 Å². The van der Waals surface area contributed by atoms with Crippen molar-refractivity contribution >= 4 is 19.8 Å². The highest BCUT2D eigenvalue weighted by Crippen LogP contribution is 2.43. The van der Waals surface area contributed by atoms with Crippen molar-refractivity contribution in [3.05, 3.63) is 45.8 Å². The third-order valence-corrected chi connectivity index (χ3v) is 11.5. The molecule has 12 heteroatoms. The Kier molecular flexibility index (Phi) is 27.2. The first-order valence-electron chi connectivity index (χ1n) is 22.3. The van der Waals surface area contributed by atoms with Crippen LogP contribution in [0.15, 0.2) is 14.9 Å². The number of likely N-dealkylation sites (N-methyl/N-ethyl adjacent to an activating group) is 1. The number of carbonyl (C=O) groups excluding carboxylic acids is 2. The fraction of sp³-hybridized carbons (Fsp3) is 0.778. The Labute approximate surface area is 344 Å². The van der Waals surface area contributed by atoms with E-state index in [2.05, 4.69) is 46.0 Å². The number of phosphoric ester groups is 1. The highest BCUT2D eigenvalue weighted by molar-refractivity contribution is 7.47. The lowest BCUT2D eigenvalue weighted by molar-refractivity contribution is -0.161. The number of furan rings is 2. The van der Waals surface area contributed by atoms with E-state index in [4.69, 9.17) is 27.4 Å². The van der Waals surface area contributed by atoms with Gasteiger partial charge in [-0.15, -0.1) is 0 Å². The number of ether oxygens (including phenoxy) is 2. The lowest BCUT2D eigenvalue weighted by Crippen LogP contribution is -2.29. The lowest BCUT2D eigenvalue weighted by Gasteiger charge is -2.20. The highest BCUT2D eigenvalue weighted by atomic mass is 31.2. The summed E-state index contributed by atoms with van der Waals surface area (Å²) < 4.78 is 45.5. The first kappa shape index (κ1) is 50.7. The monoisotopic (exact) mass is 824 g/mol. The van der Waals surface area contributed by atoms with E-state index in [-0.39, 0.29) is 26.1 Å². The molecule has 2 rings (SSSR count). The van der Waals surface area contributed by atoms with E-state index in [1.807, 2.05) is 0 Å². The molecule has 2 N–H and O–H groups in total. The van der Waals surface area contributed by atoms with Crippen LogP contribution in [0.2, 0.25) is 0 Å². The molecule has 2 aromatic rings. The Morgan fingerprint density at radius 3 is 1.81 bits per heavy atom. The van der Waals surface area contributed by atoms with Gasteiger partial charge in [0, 0.05) is 45.1 Å². The van der Waals surface area contributed by atoms with Crippen molar-refractivity contribution in [3.63, 3.8) is 0 Å². The van der Waals surface area contributed by atoms with Crippen LogP contribution in [0.4, 0.5) is 0 Å². The molecule has 0 bridgehead atoms. The zero-order valence-corrected chi connectivity index (χ0v) is 37.4. The minimum atomic E-state index is -4.37. The third kappa shape index (κ3) is 23.1. The molecule has 0 aromatic carbocycles. The molecule has 328 valence electrons. The Morgan fingerprint density at radius 1 is 0.667 bits per heavy atom. The highest BCUT2D eigenvalue weighted by Gasteiger charge is 2.26. The van der Waals surface area contributed by atoms with Gasteiger partial charge in [-0.25, -0.2) is 4.57 Å². The van der Waals surface area contributed by atoms with E-state index in [1.54, 1.807) is 7.05 Å². The molecule has 57 heavy (non-hydrogen) atoms. The smallest absolute Gasteiger partial charge is 0.466 e. The van der Waals surface area contributed by atoms with Gasteiger partial charge in [-0.2, -0.15) is 0 Å². The van der Waals surface area contributed by atoms with Crippen LogP contribution in [0.1, 0.15) is 182 Å². The Bertz CT molecular complexity index is 1420. The van der Waals surface area contributed by atoms with Gasteiger partial charge in [0.15, 0.2) is 6.10 Å². The van der Waals surface area contributed by atoms with Crippen molar-refractivity contribution in [2.24, 2.45) is 0 Å². The minimum Gasteiger partial charge on any atom is -0.466 e. The SMILES string of the molecule is CCCCCc1cc(C)c(CCCCCCCCCCC(=O)OC[C@H](COP(=O)(O)OCCNC)OC(=O)CCCCCCCCc2oc(CCC)c(C)c2C)o1. The number of unbranched alkanes of at least 4 members (excludes halogenated alkanes) is 14. The van der Waals surface area contributed by atoms with Gasteiger partial charge < -0.3 is 28.5 Å². The van der Waals surface area contributed by atoms with Crippen LogP contribution >= 0.6 is 7.82 Å². The molecule has 0 aliphatic carbocycles. The minimum absolute atomic E-state index is 0.0305. The van der Waals surface area contributed by atoms with Crippen molar-refractivity contribution in [3.8, 4) is 0 Å². The second-order valence-electron chi connectivity index (χ2n) is 15.7. The molecule has 2 heterocycles. The topological polar surface area (TPSA) is 147 Å². The third-order valence-electron chi connectivity index (χ3n) is 10.5. The quantitative estimate of drug-likeness (QED) is 0.0384. The number of aryl methyl sites for hydroxylation is 5. The molecule has 0 aliphatic rings. The molecule has 0 radical (unpaired) electrons. The van der Waals surface area contributed by atoms with E-state index >= 15 is 0 Å². The number of carbonyl (C=O) groups is 2. The Morgan fingerprint density at radius 2 is 1.21 bits per heavy atom. The molecule has 0 aliphatic heterocycles. The van der Waals surface area contributed by atoms with E-state index in [1.165, 1.54) is 55.2 Å². The number of hydrogen-bond donors (Lipinski definition) is 2. The summed E-state index contributed by atoms with van der Waals surface area (Å²) in [6.07, 6.45) is 22.5. The number of nitrogens with one attached hydrogen (secondary N) is 1. The van der Waals surface area contributed by atoms with Gasteiger partial charge in [-0.05, 0) is 89.1 Å². The molecule has 0 saturated carbocycles. The molecular formula is C45H78NO10P. The van der Waals surface area contributed by atoms with Gasteiger partial charge in [-0.3, -0.25) is 18.6 Å². The Balaban J connectivity index is 1.61. The molecule has 1 unspecified atom stereocenters. The maximum atomic E-state index is 12.7. The zero-order chi connectivity index (χ0) is 41.7. The van der Waals surface area contributed by atoms with E-state index in [0.29, 0.717) is 19.4 Å². The molecule has 11 nitrogen and oxygen atoms in total. The predicted molar refractivity (Wildman–Crippen MR) is 227 cm³/mol. The number of phosphoric acid groups is 1. The van der Waals surface area contributed by atoms with Crippen LogP contribution in [0.3, 0.4) is 0 Å². The molecule has 0 spiro atoms. The van der Waals surface area contributed by atoms with Crippen LogP contribution < -0.4 is 5.32 Å². The van der Waals surface area contributed by atoms with Gasteiger partial charge >= 0.3 is 19.8 Å².